The van der Waals surface area contributed by atoms with Crippen molar-refractivity contribution in [2.45, 2.75) is 45.9 Å². The van der Waals surface area contributed by atoms with Crippen LogP contribution in [0.2, 0.25) is 0 Å². The number of benzene rings is 2. The van der Waals surface area contributed by atoms with Crippen molar-refractivity contribution in [2.24, 2.45) is 0 Å². The Labute approximate surface area is 180 Å². The number of sulfonamides is 1. The lowest BCUT2D eigenvalue weighted by Crippen LogP contribution is -2.48. The highest BCUT2D eigenvalue weighted by molar-refractivity contribution is 7.89. The van der Waals surface area contributed by atoms with Gasteiger partial charge in [-0.2, -0.15) is 4.31 Å². The van der Waals surface area contributed by atoms with Gasteiger partial charge < -0.3 is 10.0 Å². The zero-order chi connectivity index (χ0) is 22.5. The normalized spacial score (nSPS) is 14.8. The summed E-state index contributed by atoms with van der Waals surface area (Å²) in [5.74, 6) is -0.978. The second kappa shape index (κ2) is 10.1. The van der Waals surface area contributed by atoms with Crippen molar-refractivity contribution in [1.29, 1.82) is 0 Å². The summed E-state index contributed by atoms with van der Waals surface area (Å²) in [5.41, 5.74) is 4.69. The average molecular weight is 433 g/mol. The second-order valence-corrected chi connectivity index (χ2v) is 9.24. The summed E-state index contributed by atoms with van der Waals surface area (Å²) in [5, 5.41) is 8.99. The summed E-state index contributed by atoms with van der Waals surface area (Å²) in [7, 11) is -3.66. The molecule has 164 valence electrons. The number of anilines is 1. The van der Waals surface area contributed by atoms with E-state index in [-0.39, 0.29) is 11.3 Å². The molecule has 0 aromatic heterocycles. The van der Waals surface area contributed by atoms with Crippen LogP contribution in [0.1, 0.15) is 36.1 Å². The molecule has 3 rings (SSSR count). The fraction of sp³-hybridized carbons (Fsp3) is 0.435. The molecule has 1 aliphatic rings. The number of carbonyl (C=O) groups is 1. The molecule has 0 unspecified atom stereocenters. The van der Waals surface area contributed by atoms with E-state index in [2.05, 4.69) is 36.9 Å². The van der Waals surface area contributed by atoms with Gasteiger partial charge in [-0.15, -0.1) is 0 Å². The first kappa shape index (κ1) is 23.9. The Morgan fingerprint density at radius 2 is 1.50 bits per heavy atom. The van der Waals surface area contributed by atoms with Crippen molar-refractivity contribution in [2.75, 3.05) is 31.1 Å². The van der Waals surface area contributed by atoms with Crippen LogP contribution in [0.4, 0.5) is 5.69 Å². The van der Waals surface area contributed by atoms with Crippen LogP contribution in [0.5, 0.6) is 0 Å². The first-order valence-corrected chi connectivity index (χ1v) is 11.8. The molecule has 2 aromatic rings. The topological polar surface area (TPSA) is 77.9 Å². The maximum Gasteiger partial charge on any atom is 0.307 e. The smallest absolute Gasteiger partial charge is 0.307 e. The molecule has 1 heterocycles. The van der Waals surface area contributed by atoms with Gasteiger partial charge in [-0.3, -0.25) is 4.79 Å². The Hall–Kier alpha value is -2.38. The molecule has 0 aliphatic carbocycles. The third-order valence-electron chi connectivity index (χ3n) is 5.32. The lowest BCUT2D eigenvalue weighted by atomic mass is 10.1. The Balaban J connectivity index is 0.00000155. The molecule has 2 aromatic carbocycles. The molecule has 1 N–H and O–H groups in total. The van der Waals surface area contributed by atoms with Gasteiger partial charge in [-0.1, -0.05) is 32.0 Å². The van der Waals surface area contributed by atoms with Gasteiger partial charge in [0.1, 0.15) is 0 Å². The number of nitrogens with zero attached hydrogens (tertiary/aromatic N) is 2. The van der Waals surface area contributed by atoms with E-state index in [0.717, 1.165) is 5.69 Å². The molecule has 6 nitrogen and oxygen atoms in total. The van der Waals surface area contributed by atoms with Crippen molar-refractivity contribution in [3.05, 3.63) is 58.7 Å². The van der Waals surface area contributed by atoms with Gasteiger partial charge in [0.05, 0.1) is 11.3 Å². The fourth-order valence-corrected chi connectivity index (χ4v) is 5.15. The summed E-state index contributed by atoms with van der Waals surface area (Å²) in [6.45, 7) is 11.9. The largest absolute Gasteiger partial charge is 0.481 e. The Morgan fingerprint density at radius 3 is 2.07 bits per heavy atom. The van der Waals surface area contributed by atoms with Crippen LogP contribution < -0.4 is 4.90 Å². The van der Waals surface area contributed by atoms with Gasteiger partial charge in [-0.05, 0) is 61.2 Å². The van der Waals surface area contributed by atoms with Gasteiger partial charge in [0.25, 0.3) is 0 Å². The molecular weight excluding hydrogens is 400 g/mol. The Kier molecular flexibility index (Phi) is 8.03. The van der Waals surface area contributed by atoms with Gasteiger partial charge in [0.15, 0.2) is 0 Å². The molecule has 0 bridgehead atoms. The van der Waals surface area contributed by atoms with Crippen LogP contribution in [-0.4, -0.2) is 50.0 Å². The van der Waals surface area contributed by atoms with E-state index in [4.69, 9.17) is 5.11 Å². The SMILES string of the molecule is CC.Cc1ccc(N2CCN(S(=O)(=O)c3cc(CC(=O)O)ccc3C)CC2)cc1C. The molecule has 0 amide bonds. The molecule has 0 radical (unpaired) electrons. The Bertz CT molecular complexity index is 994. The van der Waals surface area contributed by atoms with Crippen molar-refractivity contribution < 1.29 is 18.3 Å². The lowest BCUT2D eigenvalue weighted by Gasteiger charge is -2.36. The summed E-state index contributed by atoms with van der Waals surface area (Å²) in [6.07, 6.45) is -0.191. The summed E-state index contributed by atoms with van der Waals surface area (Å²) in [4.78, 5) is 13.4. The first-order valence-electron chi connectivity index (χ1n) is 10.3. The van der Waals surface area contributed by atoms with Crippen LogP contribution in [0, 0.1) is 20.8 Å². The van der Waals surface area contributed by atoms with Crippen molar-refractivity contribution >= 4 is 21.7 Å². The number of carboxylic acids is 1. The molecule has 0 saturated carbocycles. The molecule has 7 heteroatoms. The summed E-state index contributed by atoms with van der Waals surface area (Å²) < 4.78 is 27.8. The van der Waals surface area contributed by atoms with E-state index in [1.54, 1.807) is 19.1 Å². The molecular formula is C23H32N2O4S. The van der Waals surface area contributed by atoms with Gasteiger partial charge in [-0.25, -0.2) is 8.42 Å². The van der Waals surface area contributed by atoms with E-state index >= 15 is 0 Å². The lowest BCUT2D eigenvalue weighted by molar-refractivity contribution is -0.136. The van der Waals surface area contributed by atoms with Crippen molar-refractivity contribution in [1.82, 2.24) is 4.31 Å². The molecule has 1 aliphatic heterocycles. The predicted octanol–water partition coefficient (Wildman–Crippen LogP) is 3.78. The van der Waals surface area contributed by atoms with Gasteiger partial charge in [0.2, 0.25) is 10.0 Å². The summed E-state index contributed by atoms with van der Waals surface area (Å²) in [6, 6.07) is 11.1. The van der Waals surface area contributed by atoms with E-state index in [1.807, 2.05) is 13.8 Å². The molecule has 1 saturated heterocycles. The molecule has 0 atom stereocenters. The van der Waals surface area contributed by atoms with Crippen LogP contribution in [0.25, 0.3) is 0 Å². The number of aryl methyl sites for hydroxylation is 3. The van der Waals surface area contributed by atoms with Crippen LogP contribution in [-0.2, 0) is 21.2 Å². The third kappa shape index (κ3) is 5.40. The van der Waals surface area contributed by atoms with Crippen molar-refractivity contribution in [3.8, 4) is 0 Å². The second-order valence-electron chi connectivity index (χ2n) is 7.33. The standard InChI is InChI=1S/C21H26N2O4S.C2H6/c1-15-5-7-19(12-17(15)3)22-8-10-23(11-9-22)28(26,27)20-13-18(14-21(24)25)6-4-16(20)2;1-2/h4-7,12-13H,8-11,14H2,1-3H3,(H,24,25);1-2H3. The minimum atomic E-state index is -3.66. The van der Waals surface area contributed by atoms with Gasteiger partial charge >= 0.3 is 5.97 Å². The number of aliphatic carboxylic acids is 1. The highest BCUT2D eigenvalue weighted by atomic mass is 32.2. The molecule has 0 spiro atoms. The van der Waals surface area contributed by atoms with Crippen LogP contribution >= 0.6 is 0 Å². The highest BCUT2D eigenvalue weighted by Gasteiger charge is 2.30. The van der Waals surface area contributed by atoms with E-state index in [0.29, 0.717) is 37.3 Å². The van der Waals surface area contributed by atoms with Crippen LogP contribution in [0.3, 0.4) is 0 Å². The highest BCUT2D eigenvalue weighted by Crippen LogP contribution is 2.25. The van der Waals surface area contributed by atoms with E-state index < -0.39 is 16.0 Å². The molecule has 1 fully saturated rings. The predicted molar refractivity (Wildman–Crippen MR) is 121 cm³/mol. The number of rotatable bonds is 5. The van der Waals surface area contributed by atoms with E-state index in [9.17, 15) is 13.2 Å². The maximum atomic E-state index is 13.1. The quantitative estimate of drug-likeness (QED) is 0.778. The zero-order valence-corrected chi connectivity index (χ0v) is 19.3. The maximum absolute atomic E-state index is 13.1. The van der Waals surface area contributed by atoms with Gasteiger partial charge in [0, 0.05) is 31.9 Å². The monoisotopic (exact) mass is 432 g/mol. The molecule has 30 heavy (non-hydrogen) atoms. The number of carboxylic acid groups (broad SMARTS) is 1. The number of piperazine rings is 1. The van der Waals surface area contributed by atoms with E-state index in [1.165, 1.54) is 21.5 Å². The van der Waals surface area contributed by atoms with Crippen LogP contribution in [0.15, 0.2) is 41.3 Å². The summed E-state index contributed by atoms with van der Waals surface area (Å²) >= 11 is 0. The Morgan fingerprint density at radius 1 is 0.900 bits per heavy atom. The average Bonchev–Trinajstić information content (AvgIpc) is 2.72. The first-order chi connectivity index (χ1) is 14.2. The van der Waals surface area contributed by atoms with Crippen molar-refractivity contribution in [3.63, 3.8) is 0 Å². The third-order valence-corrected chi connectivity index (χ3v) is 7.36. The zero-order valence-electron chi connectivity index (χ0n) is 18.5. The number of hydrogen-bond donors (Lipinski definition) is 1. The number of hydrogen-bond acceptors (Lipinski definition) is 4. The fourth-order valence-electron chi connectivity index (χ4n) is 3.46. The minimum absolute atomic E-state index is 0.191. The minimum Gasteiger partial charge on any atom is -0.481 e.